The second kappa shape index (κ2) is 11.6. The number of hydrogen-bond acceptors (Lipinski definition) is 2. The van der Waals surface area contributed by atoms with E-state index in [0.717, 1.165) is 48.6 Å². The van der Waals surface area contributed by atoms with Crippen LogP contribution in [0.5, 0.6) is 0 Å². The molecule has 12 rings (SSSR count). The smallest absolute Gasteiger partial charge is 0.200 e. The van der Waals surface area contributed by atoms with Gasteiger partial charge in [-0.2, -0.15) is 0 Å². The van der Waals surface area contributed by atoms with Gasteiger partial charge in [0, 0.05) is 54.3 Å². The van der Waals surface area contributed by atoms with Crippen LogP contribution in [0.15, 0.2) is 142 Å². The van der Waals surface area contributed by atoms with Crippen molar-refractivity contribution in [3.05, 3.63) is 168 Å². The highest BCUT2D eigenvalue weighted by Gasteiger charge is 2.31. The molecule has 12 aromatic rings. The largest absolute Gasteiger partial charge is 0.454 e. The van der Waals surface area contributed by atoms with Gasteiger partial charge in [0.2, 0.25) is 5.82 Å². The maximum absolute atomic E-state index is 16.4. The summed E-state index contributed by atoms with van der Waals surface area (Å²) in [5.74, 6) is -10.2. The molecule has 0 aliphatic rings. The zero-order chi connectivity index (χ0) is 39.1. The van der Waals surface area contributed by atoms with Crippen LogP contribution in [-0.4, -0.2) is 9.13 Å². The number of aromatic nitrogens is 2. The van der Waals surface area contributed by atoms with Crippen molar-refractivity contribution < 1.29 is 30.8 Å². The molecule has 0 spiro atoms. The molecule has 0 fully saturated rings. The minimum Gasteiger partial charge on any atom is -0.454 e. The van der Waals surface area contributed by atoms with E-state index in [4.69, 9.17) is 8.83 Å². The fraction of sp³-hybridized carbons (Fsp3) is 0.0204. The van der Waals surface area contributed by atoms with Gasteiger partial charge < -0.3 is 18.0 Å². The lowest BCUT2D eigenvalue weighted by molar-refractivity contribution is 0.381. The highest BCUT2D eigenvalue weighted by atomic mass is 19.2. The summed E-state index contributed by atoms with van der Waals surface area (Å²) in [4.78, 5) is 0. The van der Waals surface area contributed by atoms with Gasteiger partial charge in [-0.15, -0.1) is 0 Å². The summed E-state index contributed by atoms with van der Waals surface area (Å²) in [6.07, 6.45) is 0. The van der Waals surface area contributed by atoms with Crippen LogP contribution in [0.3, 0.4) is 0 Å². The Morgan fingerprint density at radius 3 is 1.33 bits per heavy atom. The summed E-state index contributed by atoms with van der Waals surface area (Å²) < 4.78 is 95.0. The van der Waals surface area contributed by atoms with E-state index >= 15 is 17.6 Å². The van der Waals surface area contributed by atoms with Crippen LogP contribution >= 0.6 is 0 Å². The lowest BCUT2D eigenvalue weighted by Crippen LogP contribution is -2.08. The Kier molecular flexibility index (Phi) is 6.55. The van der Waals surface area contributed by atoms with Gasteiger partial charge >= 0.3 is 0 Å². The van der Waals surface area contributed by atoms with E-state index < -0.39 is 34.6 Å². The number of halogens is 5. The number of benzene rings is 8. The number of para-hydroxylation sites is 4. The van der Waals surface area contributed by atoms with Crippen molar-refractivity contribution in [1.82, 2.24) is 9.13 Å². The molecule has 0 saturated carbocycles. The predicted molar refractivity (Wildman–Crippen MR) is 220 cm³/mol. The highest BCUT2D eigenvalue weighted by Crippen LogP contribution is 2.46. The minimum absolute atomic E-state index is 0.193. The zero-order valence-corrected chi connectivity index (χ0v) is 30.3. The van der Waals surface area contributed by atoms with Gasteiger partial charge in [-0.05, 0) is 61.0 Å². The molecule has 4 nitrogen and oxygen atoms in total. The van der Waals surface area contributed by atoms with Crippen LogP contribution in [0.2, 0.25) is 0 Å². The van der Waals surface area contributed by atoms with E-state index in [1.165, 1.54) is 6.07 Å². The number of hydrogen-bond donors (Lipinski definition) is 0. The molecular weight excluding hydrogens is 744 g/mol. The van der Waals surface area contributed by atoms with Crippen molar-refractivity contribution in [3.8, 4) is 22.5 Å². The maximum Gasteiger partial charge on any atom is 0.200 e. The first-order valence-corrected chi connectivity index (χ1v) is 18.6. The van der Waals surface area contributed by atoms with E-state index in [0.29, 0.717) is 50.1 Å². The molecule has 58 heavy (non-hydrogen) atoms. The van der Waals surface area contributed by atoms with Gasteiger partial charge in [0.1, 0.15) is 11.2 Å². The van der Waals surface area contributed by atoms with E-state index in [9.17, 15) is 4.39 Å². The Balaban J connectivity index is 1.28. The van der Waals surface area contributed by atoms with Crippen molar-refractivity contribution in [2.45, 2.75) is 6.92 Å². The second-order valence-electron chi connectivity index (χ2n) is 14.7. The quantitative estimate of drug-likeness (QED) is 0.102. The van der Waals surface area contributed by atoms with E-state index in [1.54, 1.807) is 6.07 Å². The second-order valence-corrected chi connectivity index (χ2v) is 14.7. The number of aryl methyl sites for hydroxylation is 1. The third-order valence-electron chi connectivity index (χ3n) is 11.6. The Hall–Kier alpha value is -7.39. The molecule has 4 heterocycles. The van der Waals surface area contributed by atoms with Gasteiger partial charge in [0.25, 0.3) is 0 Å². The molecule has 4 aromatic heterocycles. The molecule has 0 saturated heterocycles. The Morgan fingerprint density at radius 2 is 0.810 bits per heavy atom. The molecular formula is C49H25F5N2O2. The summed E-state index contributed by atoms with van der Waals surface area (Å²) in [7, 11) is 0. The van der Waals surface area contributed by atoms with Crippen LogP contribution in [-0.2, 0) is 0 Å². The fourth-order valence-corrected chi connectivity index (χ4v) is 9.11. The van der Waals surface area contributed by atoms with Crippen molar-refractivity contribution in [1.29, 1.82) is 0 Å². The van der Waals surface area contributed by atoms with Crippen LogP contribution in [0.25, 0.3) is 110 Å². The van der Waals surface area contributed by atoms with E-state index in [-0.39, 0.29) is 11.3 Å². The summed E-state index contributed by atoms with van der Waals surface area (Å²) in [5, 5.41) is 6.77. The normalized spacial score (nSPS) is 12.3. The number of fused-ring (bicyclic) bond motifs is 14. The van der Waals surface area contributed by atoms with Crippen molar-refractivity contribution in [2.24, 2.45) is 0 Å². The minimum atomic E-state index is -2.23. The number of rotatable bonds is 3. The van der Waals surface area contributed by atoms with Crippen LogP contribution in [0, 0.1) is 36.0 Å². The van der Waals surface area contributed by atoms with Gasteiger partial charge in [0.15, 0.2) is 34.4 Å². The SMILES string of the molecule is Cc1cc(-n2c3ccccc3c3ccc4c5ccccc5oc4c32)c(-c2c(F)c(F)c(F)c(F)c2F)cc1-n1c2ccccc2c2ccc3c4ccccc4oc3c21. The van der Waals surface area contributed by atoms with Gasteiger partial charge in [0.05, 0.1) is 33.3 Å². The molecule has 0 radical (unpaired) electrons. The molecule has 278 valence electrons. The first-order valence-electron chi connectivity index (χ1n) is 18.6. The van der Waals surface area contributed by atoms with Gasteiger partial charge in [-0.3, -0.25) is 0 Å². The topological polar surface area (TPSA) is 36.1 Å². The average Bonchev–Trinajstić information content (AvgIpc) is 4.00. The van der Waals surface area contributed by atoms with Gasteiger partial charge in [-0.25, -0.2) is 22.0 Å². The van der Waals surface area contributed by atoms with Crippen LogP contribution in [0.1, 0.15) is 5.56 Å². The monoisotopic (exact) mass is 768 g/mol. The summed E-state index contributed by atoms with van der Waals surface area (Å²) in [6, 6.07) is 41.8. The summed E-state index contributed by atoms with van der Waals surface area (Å²) in [6.45, 7) is 1.87. The lowest BCUT2D eigenvalue weighted by Gasteiger charge is -2.20. The molecule has 0 atom stereocenters. The number of nitrogens with zero attached hydrogens (tertiary/aromatic N) is 2. The summed E-state index contributed by atoms with van der Waals surface area (Å²) in [5.41, 5.74) is 5.11. The first-order chi connectivity index (χ1) is 28.3. The predicted octanol–water partition coefficient (Wildman–Crippen LogP) is 14.4. The van der Waals surface area contributed by atoms with Crippen molar-refractivity contribution >= 4 is 87.5 Å². The molecule has 8 aromatic carbocycles. The van der Waals surface area contributed by atoms with Crippen molar-refractivity contribution in [2.75, 3.05) is 0 Å². The third-order valence-corrected chi connectivity index (χ3v) is 11.6. The lowest BCUT2D eigenvalue weighted by atomic mass is 9.97. The number of furan rings is 2. The van der Waals surface area contributed by atoms with E-state index in [2.05, 4.69) is 0 Å². The molecule has 0 amide bonds. The van der Waals surface area contributed by atoms with Crippen LogP contribution in [0.4, 0.5) is 22.0 Å². The van der Waals surface area contributed by atoms with E-state index in [1.807, 2.05) is 137 Å². The molecule has 0 N–H and O–H groups in total. The molecule has 0 bridgehead atoms. The fourth-order valence-electron chi connectivity index (χ4n) is 9.11. The van der Waals surface area contributed by atoms with Crippen molar-refractivity contribution in [3.63, 3.8) is 0 Å². The molecule has 0 unspecified atom stereocenters. The standard InChI is InChI=1S/C49H25F5N2O2/c1-24-22-37(56-35-15-7-3-11-26(35)30-19-21-32-28-13-5-9-17-39(28)58-49(32)47(30)56)33(40-41(50)43(52)45(54)44(53)42(40)51)23-36(24)55-34-14-6-2-10-25(34)29-18-20-31-27-12-4-8-16-38(27)57-48(31)46(29)55/h2-23H,1H3. The van der Waals surface area contributed by atoms with Gasteiger partial charge in [-0.1, -0.05) is 84.9 Å². The summed E-state index contributed by atoms with van der Waals surface area (Å²) >= 11 is 0. The molecule has 0 aliphatic heterocycles. The third kappa shape index (κ3) is 4.17. The maximum atomic E-state index is 16.4. The average molecular weight is 769 g/mol. The first kappa shape index (κ1) is 32.8. The Morgan fingerprint density at radius 1 is 0.397 bits per heavy atom. The molecule has 0 aliphatic carbocycles. The Bertz CT molecular complexity index is 3750. The molecule has 9 heteroatoms. The highest BCUT2D eigenvalue weighted by molar-refractivity contribution is 6.23. The Labute approximate surface area is 324 Å². The van der Waals surface area contributed by atoms with Crippen LogP contribution < -0.4 is 0 Å². The zero-order valence-electron chi connectivity index (χ0n) is 30.3.